The van der Waals surface area contributed by atoms with Gasteiger partial charge in [0.2, 0.25) is 5.91 Å². The maximum absolute atomic E-state index is 13.1. The molecule has 0 radical (unpaired) electrons. The Morgan fingerprint density at radius 1 is 0.443 bits per heavy atom. The number of aliphatic hydroxyl groups excluding tert-OH is 5. The van der Waals surface area contributed by atoms with Crippen LogP contribution in [0.25, 0.3) is 0 Å². The summed E-state index contributed by atoms with van der Waals surface area (Å²) in [5, 5.41) is 54.7. The maximum Gasteiger partial charge on any atom is 0.220 e. The Morgan fingerprint density at radius 3 is 1.16 bits per heavy atom. The largest absolute Gasteiger partial charge is 0.394 e. The van der Waals surface area contributed by atoms with Crippen molar-refractivity contribution in [1.29, 1.82) is 0 Å². The van der Waals surface area contributed by atoms with Gasteiger partial charge in [-0.1, -0.05) is 304 Å². The molecule has 9 nitrogen and oxygen atoms in total. The number of rotatable bonds is 57. The minimum Gasteiger partial charge on any atom is -0.394 e. The Balaban J connectivity index is 2.05. The van der Waals surface area contributed by atoms with E-state index in [1.807, 2.05) is 0 Å². The standard InChI is InChI=1S/C70H125NO8/c1-3-5-7-9-11-13-15-17-19-20-21-22-23-24-25-26-27-28-29-30-31-32-33-34-35-36-37-38-39-40-41-42-43-44-46-48-50-52-54-56-58-60-66(74)71-63(62-78-70-69(77)68(76)67(75)65(61-72)79-70)64(73)59-57-55-53-51-49-47-45-18-16-14-12-10-8-6-4-2/h5,7,11,13,17,19,21-22,24-25,27-28,30-31,63-65,67-70,72-73,75-77H,3-4,6,8-10,12,14-16,18,20,23,26,29,32-62H2,1-2H3,(H,71,74)/b7-5-,13-11-,19-17-,22-21-,25-24-,28-27-,31-30-. The van der Waals surface area contributed by atoms with Crippen LogP contribution in [0.1, 0.15) is 296 Å². The van der Waals surface area contributed by atoms with E-state index in [0.717, 1.165) is 83.5 Å². The van der Waals surface area contributed by atoms with Crippen LogP contribution in [-0.4, -0.2) is 87.5 Å². The summed E-state index contributed by atoms with van der Waals surface area (Å²) >= 11 is 0. The second-order valence-electron chi connectivity index (χ2n) is 22.9. The molecule has 0 aliphatic carbocycles. The van der Waals surface area contributed by atoms with Crippen LogP contribution in [0.3, 0.4) is 0 Å². The van der Waals surface area contributed by atoms with Crippen LogP contribution in [0.5, 0.6) is 0 Å². The second kappa shape index (κ2) is 58.6. The molecule has 0 saturated carbocycles. The average Bonchev–Trinajstić information content (AvgIpc) is 3.46. The van der Waals surface area contributed by atoms with Gasteiger partial charge in [-0.25, -0.2) is 0 Å². The molecule has 1 rings (SSSR count). The predicted molar refractivity (Wildman–Crippen MR) is 336 cm³/mol. The van der Waals surface area contributed by atoms with Crippen LogP contribution in [0, 0.1) is 0 Å². The molecule has 1 heterocycles. The second-order valence-corrected chi connectivity index (χ2v) is 22.9. The lowest BCUT2D eigenvalue weighted by Crippen LogP contribution is -2.60. The Bertz CT molecular complexity index is 1520. The lowest BCUT2D eigenvalue weighted by molar-refractivity contribution is -0.302. The number of unbranched alkanes of at least 4 members (excludes halogenated alkanes) is 33. The highest BCUT2D eigenvalue weighted by atomic mass is 16.7. The third kappa shape index (κ3) is 47.6. The van der Waals surface area contributed by atoms with E-state index < -0.39 is 49.5 Å². The molecule has 1 aliphatic heterocycles. The van der Waals surface area contributed by atoms with Crippen LogP contribution in [0.2, 0.25) is 0 Å². The Kier molecular flexibility index (Phi) is 55.1. The molecule has 6 N–H and O–H groups in total. The van der Waals surface area contributed by atoms with Gasteiger partial charge in [0.05, 0.1) is 25.4 Å². The third-order valence-electron chi connectivity index (χ3n) is 15.5. The van der Waals surface area contributed by atoms with E-state index in [-0.39, 0.29) is 12.5 Å². The van der Waals surface area contributed by atoms with Gasteiger partial charge in [-0.15, -0.1) is 0 Å². The number of aliphatic hydroxyl groups is 5. The molecular formula is C70H125NO8. The van der Waals surface area contributed by atoms with E-state index >= 15 is 0 Å². The van der Waals surface area contributed by atoms with Gasteiger partial charge in [0.15, 0.2) is 6.29 Å². The van der Waals surface area contributed by atoms with Crippen molar-refractivity contribution in [3.8, 4) is 0 Å². The van der Waals surface area contributed by atoms with Crippen molar-refractivity contribution in [2.45, 2.75) is 339 Å². The zero-order chi connectivity index (χ0) is 57.2. The molecule has 0 aromatic carbocycles. The van der Waals surface area contributed by atoms with E-state index in [0.29, 0.717) is 12.8 Å². The van der Waals surface area contributed by atoms with E-state index in [9.17, 15) is 30.3 Å². The van der Waals surface area contributed by atoms with Gasteiger partial charge in [-0.3, -0.25) is 4.79 Å². The normalized spacial score (nSPS) is 19.1. The summed E-state index contributed by atoms with van der Waals surface area (Å²) in [6.45, 7) is 3.74. The van der Waals surface area contributed by atoms with Gasteiger partial charge < -0.3 is 40.3 Å². The molecular weight excluding hydrogens is 983 g/mol. The number of hydrogen-bond acceptors (Lipinski definition) is 8. The van der Waals surface area contributed by atoms with E-state index in [2.05, 4.69) is 104 Å². The molecule has 7 atom stereocenters. The predicted octanol–water partition coefficient (Wildman–Crippen LogP) is 17.7. The number of carbonyl (C=O) groups excluding carboxylic acids is 1. The highest BCUT2D eigenvalue weighted by Gasteiger charge is 2.44. The molecule has 79 heavy (non-hydrogen) atoms. The first-order valence-electron chi connectivity index (χ1n) is 33.3. The molecule has 0 spiro atoms. The summed E-state index contributed by atoms with van der Waals surface area (Å²) in [5.41, 5.74) is 0. The molecule has 1 fully saturated rings. The zero-order valence-corrected chi connectivity index (χ0v) is 51.1. The first-order valence-corrected chi connectivity index (χ1v) is 33.3. The van der Waals surface area contributed by atoms with E-state index in [1.165, 1.54) is 186 Å². The van der Waals surface area contributed by atoms with Crippen molar-refractivity contribution < 1.29 is 39.8 Å². The third-order valence-corrected chi connectivity index (χ3v) is 15.5. The molecule has 0 bridgehead atoms. The molecule has 1 amide bonds. The molecule has 0 aromatic rings. The van der Waals surface area contributed by atoms with Crippen molar-refractivity contribution in [1.82, 2.24) is 5.32 Å². The molecule has 458 valence electrons. The van der Waals surface area contributed by atoms with Crippen molar-refractivity contribution in [2.24, 2.45) is 0 Å². The van der Waals surface area contributed by atoms with Crippen LogP contribution in [0.15, 0.2) is 85.1 Å². The Labute approximate surface area is 486 Å². The monoisotopic (exact) mass is 1110 g/mol. The molecule has 9 heteroatoms. The van der Waals surface area contributed by atoms with Gasteiger partial charge in [0.1, 0.15) is 24.4 Å². The van der Waals surface area contributed by atoms with E-state index in [4.69, 9.17) is 9.47 Å². The SMILES string of the molecule is CC/C=C\C/C=C\C/C=C\C/C=C\C/C=C\C/C=C\C/C=C\CCCCCCCCCCCCCCCCCCCCCC(=O)NC(COC1OC(CO)C(O)C(O)C1O)C(O)CCCCCCCCCCCCCCCCC. The van der Waals surface area contributed by atoms with Gasteiger partial charge in [-0.05, 0) is 70.6 Å². The van der Waals surface area contributed by atoms with Gasteiger partial charge in [0, 0.05) is 6.42 Å². The van der Waals surface area contributed by atoms with Gasteiger partial charge >= 0.3 is 0 Å². The molecule has 7 unspecified atom stereocenters. The van der Waals surface area contributed by atoms with Crippen molar-refractivity contribution >= 4 is 5.91 Å². The number of carbonyl (C=O) groups is 1. The van der Waals surface area contributed by atoms with Crippen molar-refractivity contribution in [3.63, 3.8) is 0 Å². The first kappa shape index (κ1) is 74.4. The van der Waals surface area contributed by atoms with Gasteiger partial charge in [0.25, 0.3) is 0 Å². The lowest BCUT2D eigenvalue weighted by atomic mass is 9.99. The van der Waals surface area contributed by atoms with E-state index in [1.54, 1.807) is 0 Å². The fourth-order valence-electron chi connectivity index (χ4n) is 10.3. The summed E-state index contributed by atoms with van der Waals surface area (Å²) in [6.07, 6.45) is 76.4. The van der Waals surface area contributed by atoms with Gasteiger partial charge in [-0.2, -0.15) is 0 Å². The minimum atomic E-state index is -1.55. The van der Waals surface area contributed by atoms with Crippen LogP contribution in [-0.2, 0) is 14.3 Å². The quantitative estimate of drug-likeness (QED) is 0.0261. The number of amides is 1. The van der Waals surface area contributed by atoms with Crippen molar-refractivity contribution in [3.05, 3.63) is 85.1 Å². The fraction of sp³-hybridized carbons (Fsp3) is 0.786. The summed E-state index contributed by atoms with van der Waals surface area (Å²) in [6, 6.07) is -0.720. The minimum absolute atomic E-state index is 0.137. The van der Waals surface area contributed by atoms with Crippen LogP contribution < -0.4 is 5.32 Å². The summed E-state index contributed by atoms with van der Waals surface area (Å²) in [4.78, 5) is 13.1. The Morgan fingerprint density at radius 2 is 0.785 bits per heavy atom. The van der Waals surface area contributed by atoms with Crippen molar-refractivity contribution in [2.75, 3.05) is 13.2 Å². The summed E-state index contributed by atoms with van der Waals surface area (Å²) < 4.78 is 11.3. The number of hydrogen-bond donors (Lipinski definition) is 6. The fourth-order valence-corrected chi connectivity index (χ4v) is 10.3. The molecule has 1 aliphatic rings. The Hall–Kier alpha value is -2.63. The summed E-state index contributed by atoms with van der Waals surface area (Å²) in [5.74, 6) is -0.142. The number of allylic oxidation sites excluding steroid dienone is 14. The topological polar surface area (TPSA) is 149 Å². The average molecular weight is 1110 g/mol. The highest BCUT2D eigenvalue weighted by molar-refractivity contribution is 5.76. The molecule has 0 aromatic heterocycles. The lowest BCUT2D eigenvalue weighted by Gasteiger charge is -2.40. The highest BCUT2D eigenvalue weighted by Crippen LogP contribution is 2.23. The van der Waals surface area contributed by atoms with Crippen LogP contribution >= 0.6 is 0 Å². The number of nitrogens with one attached hydrogen (secondary N) is 1. The smallest absolute Gasteiger partial charge is 0.220 e. The first-order chi connectivity index (χ1) is 38.8. The van der Waals surface area contributed by atoms with Crippen LogP contribution in [0.4, 0.5) is 0 Å². The molecule has 1 saturated heterocycles. The maximum atomic E-state index is 13.1. The summed E-state index contributed by atoms with van der Waals surface area (Å²) in [7, 11) is 0. The number of ether oxygens (including phenoxy) is 2. The zero-order valence-electron chi connectivity index (χ0n) is 51.1.